The Morgan fingerprint density at radius 1 is 0.259 bits per heavy atom. The number of phosphoric ester groups is 2. The number of hydrogen-bond acceptors (Lipinski definition) is 15. The van der Waals surface area contributed by atoms with Crippen LogP contribution in [0, 0.1) is 0 Å². The van der Waals surface area contributed by atoms with Crippen LogP contribution in [-0.2, 0) is 65.4 Å². The predicted octanol–water partition coefficient (Wildman–Crippen LogP) is 26.3. The van der Waals surface area contributed by atoms with Gasteiger partial charge in [-0.2, -0.15) is 0 Å². The maximum absolute atomic E-state index is 13.2. The van der Waals surface area contributed by atoms with Gasteiger partial charge in [0.25, 0.3) is 0 Å². The number of hydrogen-bond donors (Lipinski definition) is 3. The Balaban J connectivity index is 5.47. The molecule has 0 aromatic carbocycles. The molecule has 3 N–H and O–H groups in total. The lowest BCUT2D eigenvalue weighted by atomic mass is 10.0. The number of unbranched alkanes of at least 4 members (excludes halogenated alkanes) is 29. The monoisotopic (exact) mass is 1610 g/mol. The largest absolute Gasteiger partial charge is 0.472 e. The summed E-state index contributed by atoms with van der Waals surface area (Å²) in [6, 6.07) is 0. The van der Waals surface area contributed by atoms with Gasteiger partial charge in [-0.3, -0.25) is 37.3 Å². The number of carbonyl (C=O) groups excluding carboxylic acids is 4. The summed E-state index contributed by atoms with van der Waals surface area (Å²) >= 11 is 0. The van der Waals surface area contributed by atoms with Crippen molar-refractivity contribution in [2.75, 3.05) is 39.6 Å². The molecular formula is C93H156O17P2. The minimum Gasteiger partial charge on any atom is -0.462 e. The van der Waals surface area contributed by atoms with Crippen molar-refractivity contribution < 1.29 is 80.2 Å². The van der Waals surface area contributed by atoms with Crippen LogP contribution in [0.1, 0.15) is 349 Å². The average Bonchev–Trinajstić information content (AvgIpc) is 0.898. The lowest BCUT2D eigenvalue weighted by molar-refractivity contribution is -0.161. The van der Waals surface area contributed by atoms with Crippen molar-refractivity contribution in [3.05, 3.63) is 158 Å². The highest BCUT2D eigenvalue weighted by Gasteiger charge is 2.30. The zero-order valence-electron chi connectivity index (χ0n) is 70.3. The molecule has 0 amide bonds. The Kier molecular flexibility index (Phi) is 79.6. The van der Waals surface area contributed by atoms with Gasteiger partial charge in [0, 0.05) is 25.7 Å². The molecule has 5 unspecified atom stereocenters. The molecule has 0 spiro atoms. The van der Waals surface area contributed by atoms with E-state index < -0.39 is 97.5 Å². The van der Waals surface area contributed by atoms with Crippen LogP contribution < -0.4 is 0 Å². The van der Waals surface area contributed by atoms with E-state index in [9.17, 15) is 43.2 Å². The van der Waals surface area contributed by atoms with Gasteiger partial charge < -0.3 is 33.8 Å². The molecule has 0 aliphatic heterocycles. The van der Waals surface area contributed by atoms with E-state index in [-0.39, 0.29) is 25.7 Å². The van der Waals surface area contributed by atoms with Crippen LogP contribution >= 0.6 is 15.6 Å². The number of esters is 4. The number of allylic oxidation sites excluding steroid dienone is 26. The fraction of sp³-hybridized carbons (Fsp3) is 0.677. The van der Waals surface area contributed by atoms with E-state index >= 15 is 0 Å². The molecule has 0 bridgehead atoms. The minimum absolute atomic E-state index is 0.0281. The highest BCUT2D eigenvalue weighted by Crippen LogP contribution is 2.45. The van der Waals surface area contributed by atoms with Gasteiger partial charge in [0.05, 0.1) is 26.4 Å². The SMILES string of the molecule is CC/C=C\C/C=C\C/C=C\C/C=C\C/C=C\C/C=C\CCC(=O)OCC(COP(=O)(O)OCC(O)COP(=O)(O)OCC(COC(=O)CCCCCCCC/C=C\C/C=C\C/C=C\CCCCC)OC(=O)CCCCCCCCCCCCCCCCC)OC(=O)CCCCCCCC/C=C\C/C=C\C/C=C\C/C=C\CC. The van der Waals surface area contributed by atoms with Crippen LogP contribution in [0.3, 0.4) is 0 Å². The van der Waals surface area contributed by atoms with Crippen LogP contribution in [0.2, 0.25) is 0 Å². The Bertz CT molecular complexity index is 2740. The summed E-state index contributed by atoms with van der Waals surface area (Å²) in [7, 11) is -10.0. The van der Waals surface area contributed by atoms with Crippen molar-refractivity contribution >= 4 is 39.5 Å². The molecule has 0 fully saturated rings. The molecule has 5 atom stereocenters. The average molecular weight is 1610 g/mol. The normalized spacial score (nSPS) is 14.5. The van der Waals surface area contributed by atoms with Crippen LogP contribution in [-0.4, -0.2) is 96.7 Å². The lowest BCUT2D eigenvalue weighted by Gasteiger charge is -2.21. The second-order valence-corrected chi connectivity index (χ2v) is 31.6. The van der Waals surface area contributed by atoms with Crippen molar-refractivity contribution in [2.24, 2.45) is 0 Å². The summed E-state index contributed by atoms with van der Waals surface area (Å²) < 4.78 is 68.8. The molecule has 0 heterocycles. The standard InChI is InChI=1S/C93H156O17P2/c1-5-9-13-17-21-25-29-33-37-40-43-46-50-53-57-61-65-69-73-77-90(95)103-83-88(109-92(97)79-75-71-67-63-59-55-49-36-32-28-24-20-16-12-8-4)85-107-111(99,100)105-81-87(94)82-106-112(101,102)108-86-89(110-93(98)80-76-72-68-64-60-56-52-48-45-42-39-35-31-27-23-19-15-11-7-3)84-104-91(96)78-74-70-66-62-58-54-51-47-44-41-38-34-30-26-22-18-14-10-6-2/h10-11,14-15,21-23,25-27,33-35,37-39,43-48,54,58,66,70,87-89,94H,5-9,12-13,16-20,24,28-32,36,40-42,49-53,55-57,59-65,67-69,71-86H2,1-4H3,(H,99,100)(H,101,102)/b14-10-,15-11-,25-21-,26-22-,27-23-,37-33-,38-34-,39-35-,46-43-,47-44-,48-45-,58-54-,70-66-. The number of phosphoric acid groups is 2. The summed E-state index contributed by atoms with van der Waals surface area (Å²) in [5.74, 6) is -2.29. The molecular weight excluding hydrogens is 1450 g/mol. The zero-order chi connectivity index (χ0) is 81.7. The Labute approximate surface area is 680 Å². The summed E-state index contributed by atoms with van der Waals surface area (Å²) in [6.07, 6.45) is 99.2. The highest BCUT2D eigenvalue weighted by atomic mass is 31.2. The van der Waals surface area contributed by atoms with Crippen LogP contribution in [0.4, 0.5) is 0 Å². The fourth-order valence-electron chi connectivity index (χ4n) is 11.4. The van der Waals surface area contributed by atoms with Crippen molar-refractivity contribution in [1.29, 1.82) is 0 Å². The zero-order valence-corrected chi connectivity index (χ0v) is 72.1. The van der Waals surface area contributed by atoms with Crippen molar-refractivity contribution in [2.45, 2.75) is 367 Å². The van der Waals surface area contributed by atoms with Crippen LogP contribution in [0.5, 0.6) is 0 Å². The number of aliphatic hydroxyl groups excluding tert-OH is 1. The smallest absolute Gasteiger partial charge is 0.462 e. The molecule has 17 nitrogen and oxygen atoms in total. The third-order valence-corrected chi connectivity index (χ3v) is 19.9. The maximum Gasteiger partial charge on any atom is 0.472 e. The maximum atomic E-state index is 13.2. The number of aliphatic hydroxyl groups is 1. The van der Waals surface area contributed by atoms with E-state index in [0.717, 1.165) is 180 Å². The first-order valence-electron chi connectivity index (χ1n) is 43.7. The van der Waals surface area contributed by atoms with E-state index in [1.54, 1.807) is 0 Å². The van der Waals surface area contributed by atoms with E-state index in [2.05, 4.69) is 167 Å². The first kappa shape index (κ1) is 107. The molecule has 0 radical (unpaired) electrons. The molecule has 0 rings (SSSR count). The summed E-state index contributed by atoms with van der Waals surface area (Å²) in [5, 5.41) is 10.7. The van der Waals surface area contributed by atoms with Gasteiger partial charge in [0.1, 0.15) is 19.3 Å². The second kappa shape index (κ2) is 83.6. The van der Waals surface area contributed by atoms with Gasteiger partial charge in [0.2, 0.25) is 0 Å². The molecule has 0 saturated heterocycles. The van der Waals surface area contributed by atoms with Crippen molar-refractivity contribution in [1.82, 2.24) is 0 Å². The Morgan fingerprint density at radius 3 is 0.786 bits per heavy atom. The van der Waals surface area contributed by atoms with Crippen molar-refractivity contribution in [3.8, 4) is 0 Å². The molecule has 0 saturated carbocycles. The Morgan fingerprint density at radius 2 is 0.482 bits per heavy atom. The topological polar surface area (TPSA) is 237 Å². The first-order chi connectivity index (χ1) is 54.7. The first-order valence-corrected chi connectivity index (χ1v) is 46.7. The summed E-state index contributed by atoms with van der Waals surface area (Å²) in [6.45, 7) is 4.55. The molecule has 0 aliphatic rings. The van der Waals surface area contributed by atoms with E-state index in [1.807, 2.05) is 18.2 Å². The third-order valence-electron chi connectivity index (χ3n) is 18.0. The molecule has 0 aromatic rings. The fourth-order valence-corrected chi connectivity index (χ4v) is 13.0. The van der Waals surface area contributed by atoms with Gasteiger partial charge in [-0.15, -0.1) is 0 Å². The minimum atomic E-state index is -5.01. The molecule has 640 valence electrons. The van der Waals surface area contributed by atoms with Gasteiger partial charge >= 0.3 is 39.5 Å². The molecule has 19 heteroatoms. The summed E-state index contributed by atoms with van der Waals surface area (Å²) in [5.41, 5.74) is 0. The summed E-state index contributed by atoms with van der Waals surface area (Å²) in [4.78, 5) is 73.3. The molecule has 0 aromatic heterocycles. The third kappa shape index (κ3) is 82.7. The predicted molar refractivity (Wildman–Crippen MR) is 464 cm³/mol. The number of carbonyl (C=O) groups is 4. The van der Waals surface area contributed by atoms with E-state index in [0.29, 0.717) is 32.1 Å². The van der Waals surface area contributed by atoms with Gasteiger partial charge in [0.15, 0.2) is 12.2 Å². The lowest BCUT2D eigenvalue weighted by Crippen LogP contribution is -2.30. The van der Waals surface area contributed by atoms with E-state index in [1.165, 1.54) is 83.5 Å². The van der Waals surface area contributed by atoms with Gasteiger partial charge in [-0.05, 0) is 141 Å². The Hall–Kier alpha value is -5.32. The van der Waals surface area contributed by atoms with Crippen LogP contribution in [0.25, 0.3) is 0 Å². The highest BCUT2D eigenvalue weighted by molar-refractivity contribution is 7.47. The second-order valence-electron chi connectivity index (χ2n) is 28.7. The van der Waals surface area contributed by atoms with Crippen molar-refractivity contribution in [3.63, 3.8) is 0 Å². The number of rotatable bonds is 81. The molecule has 112 heavy (non-hydrogen) atoms. The quantitative estimate of drug-likeness (QED) is 0.0169. The van der Waals surface area contributed by atoms with E-state index in [4.69, 9.17) is 37.0 Å². The van der Waals surface area contributed by atoms with Crippen LogP contribution in [0.15, 0.2) is 158 Å². The number of ether oxygens (including phenoxy) is 4. The van der Waals surface area contributed by atoms with Gasteiger partial charge in [-0.25, -0.2) is 9.13 Å². The molecule has 0 aliphatic carbocycles. The van der Waals surface area contributed by atoms with Gasteiger partial charge in [-0.1, -0.05) is 340 Å².